The standard InChI is InChI=1S/C19H33N5/c1-3-18-17(2)16-20-19(21-18)24-13-7-12-23(14-15-24)11-6-10-22-8-4-5-9-22/h16H,3-15H2,1-2H3/p+1. The smallest absolute Gasteiger partial charge is 0.303 e. The van der Waals surface area contributed by atoms with E-state index >= 15 is 0 Å². The summed E-state index contributed by atoms with van der Waals surface area (Å²) in [7, 11) is 0. The molecule has 3 aliphatic rings. The molecule has 3 aliphatic heterocycles. The van der Waals surface area contributed by atoms with E-state index in [2.05, 4.69) is 38.5 Å². The van der Waals surface area contributed by atoms with Gasteiger partial charge in [-0.1, -0.05) is 6.92 Å². The lowest BCUT2D eigenvalue weighted by atomic mass is 10.2. The summed E-state index contributed by atoms with van der Waals surface area (Å²) >= 11 is 0. The summed E-state index contributed by atoms with van der Waals surface area (Å²) in [6.07, 6.45) is 8.40. The van der Waals surface area contributed by atoms with Gasteiger partial charge in [-0.25, -0.2) is 14.9 Å². The average molecular weight is 333 g/mol. The van der Waals surface area contributed by atoms with Crippen LogP contribution in [0.15, 0.2) is 11.3 Å². The van der Waals surface area contributed by atoms with E-state index in [9.17, 15) is 0 Å². The van der Waals surface area contributed by atoms with Gasteiger partial charge in [0.25, 0.3) is 0 Å². The second-order valence-electron chi connectivity index (χ2n) is 7.31. The maximum Gasteiger partial charge on any atom is 0.445 e. The fourth-order valence-electron chi connectivity index (χ4n) is 3.96. The number of likely N-dealkylation sites (tertiary alicyclic amines) is 1. The van der Waals surface area contributed by atoms with Crippen LogP contribution >= 0.6 is 0 Å². The number of nitrogens with one attached hydrogen (secondary N) is 1. The molecule has 5 heteroatoms. The molecule has 24 heavy (non-hydrogen) atoms. The van der Waals surface area contributed by atoms with Crippen LogP contribution in [0.25, 0.3) is 0 Å². The summed E-state index contributed by atoms with van der Waals surface area (Å²) in [5.41, 5.74) is 2.58. The van der Waals surface area contributed by atoms with Crippen molar-refractivity contribution in [3.8, 4) is 0 Å². The van der Waals surface area contributed by atoms with Gasteiger partial charge in [-0.15, -0.1) is 0 Å². The monoisotopic (exact) mass is 332 g/mol. The lowest BCUT2D eigenvalue weighted by molar-refractivity contribution is 0.253. The van der Waals surface area contributed by atoms with Crippen molar-refractivity contribution in [3.05, 3.63) is 11.3 Å². The molecule has 2 saturated heterocycles. The molecule has 2 fully saturated rings. The van der Waals surface area contributed by atoms with Crippen molar-refractivity contribution in [3.63, 3.8) is 0 Å². The first kappa shape index (κ1) is 17.5. The van der Waals surface area contributed by atoms with E-state index in [1.807, 2.05) is 6.21 Å². The zero-order valence-corrected chi connectivity index (χ0v) is 15.6. The second kappa shape index (κ2) is 8.70. The molecular formula is C19H34N5+. The van der Waals surface area contributed by atoms with Crippen LogP contribution in [0.4, 0.5) is 0 Å². The minimum Gasteiger partial charge on any atom is -0.303 e. The highest BCUT2D eigenvalue weighted by Crippen LogP contribution is 2.10. The molecule has 0 aliphatic carbocycles. The van der Waals surface area contributed by atoms with Crippen LogP contribution in [0.3, 0.4) is 0 Å². The van der Waals surface area contributed by atoms with E-state index < -0.39 is 0 Å². The van der Waals surface area contributed by atoms with Crippen LogP contribution in [0.2, 0.25) is 0 Å². The van der Waals surface area contributed by atoms with E-state index in [-0.39, 0.29) is 0 Å². The highest BCUT2D eigenvalue weighted by Gasteiger charge is 2.27. The van der Waals surface area contributed by atoms with Crippen molar-refractivity contribution in [2.75, 3.05) is 52.4 Å². The number of rotatable bonds is 5. The molecule has 0 bridgehead atoms. The SMILES string of the molecule is CCC1=C(C)C=[N+]=C(N2CCCN(CCCN3CCCC3)CC2)N1. The molecule has 134 valence electrons. The molecule has 3 heterocycles. The predicted octanol–water partition coefficient (Wildman–Crippen LogP) is 1.26. The average Bonchev–Trinajstić information content (AvgIpc) is 3.00. The Morgan fingerprint density at radius 1 is 0.958 bits per heavy atom. The van der Waals surface area contributed by atoms with Gasteiger partial charge in [0.05, 0.1) is 18.8 Å². The third-order valence-corrected chi connectivity index (χ3v) is 5.51. The van der Waals surface area contributed by atoms with Crippen LogP contribution in [-0.2, 0) is 0 Å². The first-order valence-electron chi connectivity index (χ1n) is 9.83. The van der Waals surface area contributed by atoms with Gasteiger partial charge in [0.1, 0.15) is 0 Å². The lowest BCUT2D eigenvalue weighted by Crippen LogP contribution is -2.46. The zero-order chi connectivity index (χ0) is 16.8. The van der Waals surface area contributed by atoms with E-state index in [0.29, 0.717) is 0 Å². The fourth-order valence-corrected chi connectivity index (χ4v) is 3.96. The zero-order valence-electron chi connectivity index (χ0n) is 15.6. The normalized spacial score (nSPS) is 23.4. The van der Waals surface area contributed by atoms with E-state index in [0.717, 1.165) is 32.0 Å². The third kappa shape index (κ3) is 4.62. The second-order valence-corrected chi connectivity index (χ2v) is 7.31. The Morgan fingerprint density at radius 2 is 1.67 bits per heavy atom. The van der Waals surface area contributed by atoms with Crippen LogP contribution < -0.4 is 9.98 Å². The maximum absolute atomic E-state index is 4.64. The summed E-state index contributed by atoms with van der Waals surface area (Å²) in [6, 6.07) is 0. The highest BCUT2D eigenvalue weighted by molar-refractivity contribution is 5.92. The van der Waals surface area contributed by atoms with Crippen molar-refractivity contribution in [1.82, 2.24) is 24.7 Å². The minimum atomic E-state index is 1.04. The van der Waals surface area contributed by atoms with Crippen LogP contribution in [0.5, 0.6) is 0 Å². The molecule has 0 spiro atoms. The Balaban J connectivity index is 1.44. The Bertz CT molecular complexity index is 512. The van der Waals surface area contributed by atoms with Gasteiger partial charge in [-0.3, -0.25) is 0 Å². The van der Waals surface area contributed by atoms with E-state index in [1.54, 1.807) is 0 Å². The highest BCUT2D eigenvalue weighted by atomic mass is 15.3. The minimum absolute atomic E-state index is 1.04. The topological polar surface area (TPSA) is 35.9 Å². The molecule has 0 unspecified atom stereocenters. The Labute approximate surface area is 147 Å². The Hall–Kier alpha value is -1.29. The lowest BCUT2D eigenvalue weighted by Gasteiger charge is -2.22. The van der Waals surface area contributed by atoms with Crippen molar-refractivity contribution >= 4 is 12.2 Å². The molecule has 0 aromatic heterocycles. The fraction of sp³-hybridized carbons (Fsp3) is 0.789. The summed E-state index contributed by atoms with van der Waals surface area (Å²) in [6.45, 7) is 14.1. The van der Waals surface area contributed by atoms with Gasteiger partial charge in [-0.05, 0) is 65.2 Å². The number of hydrogen-bond donors (Lipinski definition) is 1. The van der Waals surface area contributed by atoms with Crippen molar-refractivity contribution in [2.24, 2.45) is 0 Å². The van der Waals surface area contributed by atoms with Crippen LogP contribution in [0, 0.1) is 0 Å². The third-order valence-electron chi connectivity index (χ3n) is 5.51. The molecule has 0 aromatic carbocycles. The first-order chi connectivity index (χ1) is 11.8. The summed E-state index contributed by atoms with van der Waals surface area (Å²) in [5.74, 6) is 1.05. The molecule has 0 amide bonds. The molecule has 0 saturated carbocycles. The first-order valence-corrected chi connectivity index (χ1v) is 9.83. The van der Waals surface area contributed by atoms with Gasteiger partial charge in [0.2, 0.25) is 0 Å². The number of allylic oxidation sites excluding steroid dienone is 2. The van der Waals surface area contributed by atoms with Crippen molar-refractivity contribution in [1.29, 1.82) is 0 Å². The van der Waals surface area contributed by atoms with Gasteiger partial charge < -0.3 is 9.80 Å². The molecule has 3 rings (SSSR count). The Kier molecular flexibility index (Phi) is 6.36. The maximum atomic E-state index is 4.64. The molecule has 0 aromatic rings. The van der Waals surface area contributed by atoms with Gasteiger partial charge in [-0.2, -0.15) is 0 Å². The Morgan fingerprint density at radius 3 is 2.42 bits per heavy atom. The molecular weight excluding hydrogens is 298 g/mol. The van der Waals surface area contributed by atoms with Crippen molar-refractivity contribution < 1.29 is 0 Å². The van der Waals surface area contributed by atoms with Crippen LogP contribution in [-0.4, -0.2) is 79.2 Å². The predicted molar refractivity (Wildman–Crippen MR) is 102 cm³/mol. The quantitative estimate of drug-likeness (QED) is 0.769. The summed E-state index contributed by atoms with van der Waals surface area (Å²) in [4.78, 5) is 7.70. The largest absolute Gasteiger partial charge is 0.445 e. The molecule has 5 nitrogen and oxygen atoms in total. The van der Waals surface area contributed by atoms with Gasteiger partial charge in [0.15, 0.2) is 6.21 Å². The van der Waals surface area contributed by atoms with E-state index in [4.69, 9.17) is 0 Å². The molecule has 0 radical (unpaired) electrons. The van der Waals surface area contributed by atoms with Gasteiger partial charge >= 0.3 is 5.96 Å². The number of nitrogens with zero attached hydrogens (tertiary/aromatic N) is 4. The summed E-state index contributed by atoms with van der Waals surface area (Å²) < 4.78 is 4.64. The summed E-state index contributed by atoms with van der Waals surface area (Å²) in [5, 5.41) is 3.54. The number of guanidine groups is 1. The van der Waals surface area contributed by atoms with E-state index in [1.165, 1.54) is 69.7 Å². The van der Waals surface area contributed by atoms with Gasteiger partial charge in [0, 0.05) is 18.7 Å². The number of hydrogen-bond acceptors (Lipinski definition) is 4. The van der Waals surface area contributed by atoms with Crippen LogP contribution in [0.1, 0.15) is 46.0 Å². The molecule has 1 N–H and O–H groups in total. The van der Waals surface area contributed by atoms with Crippen molar-refractivity contribution in [2.45, 2.75) is 46.0 Å². The molecule has 0 atom stereocenters.